The van der Waals surface area contributed by atoms with E-state index in [1.165, 1.54) is 6.26 Å². The van der Waals surface area contributed by atoms with Gasteiger partial charge in [0.25, 0.3) is 11.9 Å². The fourth-order valence-electron chi connectivity index (χ4n) is 4.28. The summed E-state index contributed by atoms with van der Waals surface area (Å²) in [5.74, 6) is 0.0666. The van der Waals surface area contributed by atoms with Crippen molar-refractivity contribution in [1.82, 2.24) is 19.9 Å². The highest BCUT2D eigenvalue weighted by atomic mass is 35.5. The molecule has 0 radical (unpaired) electrons. The average molecular weight is 526 g/mol. The van der Waals surface area contributed by atoms with Crippen molar-refractivity contribution in [2.45, 2.75) is 19.8 Å². The van der Waals surface area contributed by atoms with Gasteiger partial charge in [0, 0.05) is 49.6 Å². The van der Waals surface area contributed by atoms with Crippen LogP contribution in [0.3, 0.4) is 0 Å². The average Bonchev–Trinajstić information content (AvgIpc) is 3.63. The lowest BCUT2D eigenvalue weighted by molar-refractivity contribution is -0.117. The van der Waals surface area contributed by atoms with Gasteiger partial charge in [-0.2, -0.15) is 4.98 Å². The van der Waals surface area contributed by atoms with E-state index in [0.29, 0.717) is 85.9 Å². The van der Waals surface area contributed by atoms with E-state index < -0.39 is 5.91 Å². The molecule has 192 valence electrons. The molecule has 1 N–H and O–H groups in total. The zero-order chi connectivity index (χ0) is 24.6. The van der Waals surface area contributed by atoms with E-state index in [0.717, 1.165) is 5.69 Å². The summed E-state index contributed by atoms with van der Waals surface area (Å²) in [6, 6.07) is 5.64. The molecule has 2 aliphatic rings. The van der Waals surface area contributed by atoms with E-state index in [9.17, 15) is 9.59 Å². The minimum atomic E-state index is -0.502. The number of amides is 2. The number of aromatic nitrogens is 4. The molecule has 6 rings (SSSR count). The molecule has 4 aromatic rings. The number of rotatable bonds is 5. The molecule has 0 atom stereocenters. The second-order valence-corrected chi connectivity index (χ2v) is 8.60. The SMILES string of the molecule is Cc1cc(-c2nc(C(=O)Nc3cc4oc(N5CCOCC5)nc4nc3N3CCCC3=O)co2)ccn1.Cl. The molecule has 2 saturated heterocycles. The highest BCUT2D eigenvalue weighted by Crippen LogP contribution is 2.33. The number of ether oxygens (including phenoxy) is 1. The molecule has 37 heavy (non-hydrogen) atoms. The largest absolute Gasteiger partial charge is 0.444 e. The number of hydrogen-bond donors (Lipinski definition) is 1. The van der Waals surface area contributed by atoms with Crippen LogP contribution in [-0.2, 0) is 9.53 Å². The highest BCUT2D eigenvalue weighted by molar-refractivity contribution is 6.07. The third-order valence-electron chi connectivity index (χ3n) is 6.09. The molecule has 12 nitrogen and oxygen atoms in total. The second-order valence-electron chi connectivity index (χ2n) is 8.60. The Labute approximate surface area is 217 Å². The van der Waals surface area contributed by atoms with Crippen LogP contribution in [0, 0.1) is 6.92 Å². The van der Waals surface area contributed by atoms with Crippen LogP contribution in [0.2, 0.25) is 0 Å². The lowest BCUT2D eigenvalue weighted by Gasteiger charge is -2.24. The fourth-order valence-corrected chi connectivity index (χ4v) is 4.28. The Morgan fingerprint density at radius 2 is 1.95 bits per heavy atom. The number of nitrogens with zero attached hydrogens (tertiary/aromatic N) is 6. The lowest BCUT2D eigenvalue weighted by Crippen LogP contribution is -2.36. The van der Waals surface area contributed by atoms with Gasteiger partial charge in [0.2, 0.25) is 17.4 Å². The zero-order valence-corrected chi connectivity index (χ0v) is 20.8. The summed E-state index contributed by atoms with van der Waals surface area (Å²) in [7, 11) is 0. The third kappa shape index (κ3) is 4.85. The van der Waals surface area contributed by atoms with Crippen molar-refractivity contribution in [1.29, 1.82) is 0 Å². The molecule has 13 heteroatoms. The number of hydrogen-bond acceptors (Lipinski definition) is 10. The summed E-state index contributed by atoms with van der Waals surface area (Å²) < 4.78 is 16.9. The number of halogens is 1. The van der Waals surface area contributed by atoms with Gasteiger partial charge < -0.3 is 23.8 Å². The van der Waals surface area contributed by atoms with Gasteiger partial charge in [-0.15, -0.1) is 12.4 Å². The van der Waals surface area contributed by atoms with Crippen molar-refractivity contribution in [2.75, 3.05) is 48.0 Å². The predicted molar refractivity (Wildman–Crippen MR) is 136 cm³/mol. The van der Waals surface area contributed by atoms with Crippen molar-refractivity contribution in [3.8, 4) is 11.5 Å². The van der Waals surface area contributed by atoms with Gasteiger partial charge in [0.05, 0.1) is 18.9 Å². The molecule has 0 aromatic carbocycles. The van der Waals surface area contributed by atoms with Crippen molar-refractivity contribution < 1.29 is 23.2 Å². The van der Waals surface area contributed by atoms with E-state index in [-0.39, 0.29) is 24.0 Å². The van der Waals surface area contributed by atoms with Gasteiger partial charge in [-0.25, -0.2) is 9.97 Å². The number of morpholine rings is 1. The Hall–Kier alpha value is -4.03. The number of oxazole rings is 2. The first-order chi connectivity index (χ1) is 17.5. The van der Waals surface area contributed by atoms with Crippen LogP contribution in [0.1, 0.15) is 29.0 Å². The number of nitrogens with one attached hydrogen (secondary N) is 1. The Morgan fingerprint density at radius 1 is 1.11 bits per heavy atom. The van der Waals surface area contributed by atoms with Gasteiger partial charge in [-0.05, 0) is 25.5 Å². The van der Waals surface area contributed by atoms with Gasteiger partial charge in [0.15, 0.2) is 17.1 Å². The van der Waals surface area contributed by atoms with Crippen LogP contribution < -0.4 is 15.1 Å². The number of fused-ring (bicyclic) bond motifs is 1. The van der Waals surface area contributed by atoms with Crippen LogP contribution in [0.4, 0.5) is 17.5 Å². The topological polar surface area (TPSA) is 140 Å². The fraction of sp³-hybridized carbons (Fsp3) is 0.333. The van der Waals surface area contributed by atoms with Crippen LogP contribution in [-0.4, -0.2) is 64.6 Å². The lowest BCUT2D eigenvalue weighted by atomic mass is 10.2. The summed E-state index contributed by atoms with van der Waals surface area (Å²) in [5, 5.41) is 2.83. The first-order valence-corrected chi connectivity index (χ1v) is 11.7. The van der Waals surface area contributed by atoms with E-state index in [1.807, 2.05) is 17.9 Å². The monoisotopic (exact) mass is 525 g/mol. The van der Waals surface area contributed by atoms with Crippen LogP contribution in [0.15, 0.2) is 39.5 Å². The molecule has 2 fully saturated rings. The summed E-state index contributed by atoms with van der Waals surface area (Å²) >= 11 is 0. The smallest absolute Gasteiger partial charge is 0.300 e. The first kappa shape index (κ1) is 24.7. The maximum Gasteiger partial charge on any atom is 0.300 e. The molecule has 6 heterocycles. The van der Waals surface area contributed by atoms with E-state index in [4.69, 9.17) is 13.6 Å². The van der Waals surface area contributed by atoms with Crippen molar-refractivity contribution in [3.63, 3.8) is 0 Å². The Morgan fingerprint density at radius 3 is 2.70 bits per heavy atom. The number of aryl methyl sites for hydroxylation is 1. The zero-order valence-electron chi connectivity index (χ0n) is 20.0. The quantitative estimate of drug-likeness (QED) is 0.413. The standard InChI is InChI=1S/C24H23N7O5.ClH/c1-14-11-15(4-5-25-14)23-27-17(13-35-23)22(33)26-16-12-18-20(28-21(16)31-6-2-3-19(31)32)29-24(36-18)30-7-9-34-10-8-30;/h4-5,11-13H,2-3,6-10H2,1H3,(H,26,33);1H. The van der Waals surface area contributed by atoms with Crippen molar-refractivity contribution in [2.24, 2.45) is 0 Å². The van der Waals surface area contributed by atoms with Crippen LogP contribution in [0.5, 0.6) is 0 Å². The van der Waals surface area contributed by atoms with E-state index >= 15 is 0 Å². The molecule has 0 bridgehead atoms. The number of carbonyl (C=O) groups excluding carboxylic acids is 2. The second kappa shape index (κ2) is 10.1. The molecule has 2 amide bonds. The molecule has 4 aromatic heterocycles. The molecule has 0 saturated carbocycles. The van der Waals surface area contributed by atoms with E-state index in [1.54, 1.807) is 23.2 Å². The Balaban J connectivity index is 0.00000280. The Bertz CT molecular complexity index is 1460. The normalized spacial score (nSPS) is 15.8. The molecular formula is C24H24ClN7O5. The van der Waals surface area contributed by atoms with Crippen molar-refractivity contribution in [3.05, 3.63) is 42.0 Å². The summed E-state index contributed by atoms with van der Waals surface area (Å²) in [6.45, 7) is 4.83. The molecule has 0 spiro atoms. The molecular weight excluding hydrogens is 502 g/mol. The molecule has 0 unspecified atom stereocenters. The van der Waals surface area contributed by atoms with Crippen LogP contribution in [0.25, 0.3) is 22.7 Å². The van der Waals surface area contributed by atoms with Crippen molar-refractivity contribution >= 4 is 53.0 Å². The summed E-state index contributed by atoms with van der Waals surface area (Å²) in [4.78, 5) is 46.8. The van der Waals surface area contributed by atoms with Gasteiger partial charge >= 0.3 is 0 Å². The molecule has 0 aliphatic carbocycles. The van der Waals surface area contributed by atoms with E-state index in [2.05, 4.69) is 25.3 Å². The van der Waals surface area contributed by atoms with Gasteiger partial charge in [-0.3, -0.25) is 19.5 Å². The first-order valence-electron chi connectivity index (χ1n) is 11.7. The van der Waals surface area contributed by atoms with Gasteiger partial charge in [-0.1, -0.05) is 0 Å². The number of carbonyl (C=O) groups is 2. The maximum atomic E-state index is 13.1. The number of anilines is 3. The third-order valence-corrected chi connectivity index (χ3v) is 6.09. The summed E-state index contributed by atoms with van der Waals surface area (Å²) in [5.41, 5.74) is 2.70. The summed E-state index contributed by atoms with van der Waals surface area (Å²) in [6.07, 6.45) is 4.07. The minimum Gasteiger partial charge on any atom is -0.444 e. The Kier molecular flexibility index (Phi) is 6.76. The highest BCUT2D eigenvalue weighted by Gasteiger charge is 2.28. The van der Waals surface area contributed by atoms with Gasteiger partial charge in [0.1, 0.15) is 6.26 Å². The minimum absolute atomic E-state index is 0. The predicted octanol–water partition coefficient (Wildman–Crippen LogP) is 3.22. The maximum absolute atomic E-state index is 13.1. The van der Waals surface area contributed by atoms with Crippen LogP contribution >= 0.6 is 12.4 Å². The molecule has 2 aliphatic heterocycles. The number of pyridine rings is 2.